The zero-order valence-corrected chi connectivity index (χ0v) is 10.6. The van der Waals surface area contributed by atoms with Crippen molar-refractivity contribution in [3.63, 3.8) is 0 Å². The van der Waals surface area contributed by atoms with Crippen molar-refractivity contribution in [3.05, 3.63) is 28.6 Å². The van der Waals surface area contributed by atoms with Gasteiger partial charge in [0.05, 0.1) is 10.2 Å². The molecular weight excluding hydrogens is 270 g/mol. The summed E-state index contributed by atoms with van der Waals surface area (Å²) in [6.07, 6.45) is 3.32. The summed E-state index contributed by atoms with van der Waals surface area (Å²) in [6, 6.07) is 1.75. The highest BCUT2D eigenvalue weighted by Gasteiger charge is 2.17. The van der Waals surface area contributed by atoms with E-state index in [2.05, 4.69) is 44.8 Å². The molecule has 0 saturated carbocycles. The third-order valence-corrected chi connectivity index (χ3v) is 2.99. The molecule has 0 aliphatic rings. The topological polar surface area (TPSA) is 69.6 Å². The summed E-state index contributed by atoms with van der Waals surface area (Å²) in [4.78, 5) is 8.22. The first-order chi connectivity index (χ1) is 7.61. The second-order valence-corrected chi connectivity index (χ2v) is 4.49. The number of hydrogen-bond acceptors (Lipinski definition) is 4. The van der Waals surface area contributed by atoms with Gasteiger partial charge in [0, 0.05) is 12.4 Å². The van der Waals surface area contributed by atoms with E-state index in [-0.39, 0.29) is 0 Å². The molecule has 6 heteroatoms. The standard InChI is InChI=1S/C10H12BrN5/c1-6(2)8-7(11)9(12)16(15-8)10-13-4-3-5-14-10/h3-6H,12H2,1-2H3. The average Bonchev–Trinajstić information content (AvgIpc) is 2.58. The summed E-state index contributed by atoms with van der Waals surface area (Å²) in [7, 11) is 0. The summed E-state index contributed by atoms with van der Waals surface area (Å²) in [5.41, 5.74) is 6.85. The number of nitrogen functional groups attached to an aromatic ring is 1. The molecule has 0 bridgehead atoms. The second-order valence-electron chi connectivity index (χ2n) is 3.70. The quantitative estimate of drug-likeness (QED) is 0.916. The van der Waals surface area contributed by atoms with E-state index in [1.165, 1.54) is 0 Å². The Bertz CT molecular complexity index is 491. The molecule has 0 amide bonds. The van der Waals surface area contributed by atoms with Crippen molar-refractivity contribution >= 4 is 21.7 Å². The minimum Gasteiger partial charge on any atom is -0.383 e. The highest BCUT2D eigenvalue weighted by Crippen LogP contribution is 2.30. The third-order valence-electron chi connectivity index (χ3n) is 2.17. The van der Waals surface area contributed by atoms with Gasteiger partial charge in [0.15, 0.2) is 0 Å². The summed E-state index contributed by atoms with van der Waals surface area (Å²) < 4.78 is 2.36. The van der Waals surface area contributed by atoms with Crippen molar-refractivity contribution < 1.29 is 0 Å². The van der Waals surface area contributed by atoms with E-state index < -0.39 is 0 Å². The Morgan fingerprint density at radius 1 is 1.31 bits per heavy atom. The molecule has 2 rings (SSSR count). The molecule has 16 heavy (non-hydrogen) atoms. The average molecular weight is 282 g/mol. The van der Waals surface area contributed by atoms with Gasteiger partial charge in [-0.1, -0.05) is 13.8 Å². The smallest absolute Gasteiger partial charge is 0.252 e. The molecule has 2 N–H and O–H groups in total. The molecule has 2 aromatic rings. The van der Waals surface area contributed by atoms with Crippen LogP contribution < -0.4 is 5.73 Å². The minimum absolute atomic E-state index is 0.293. The first-order valence-electron chi connectivity index (χ1n) is 4.92. The monoisotopic (exact) mass is 281 g/mol. The van der Waals surface area contributed by atoms with Gasteiger partial charge in [-0.3, -0.25) is 0 Å². The van der Waals surface area contributed by atoms with Crippen molar-refractivity contribution in [2.24, 2.45) is 0 Å². The molecule has 84 valence electrons. The van der Waals surface area contributed by atoms with Crippen LogP contribution in [0.2, 0.25) is 0 Å². The lowest BCUT2D eigenvalue weighted by atomic mass is 10.1. The molecule has 0 unspecified atom stereocenters. The van der Waals surface area contributed by atoms with Crippen LogP contribution in [-0.2, 0) is 0 Å². The number of nitrogens with two attached hydrogens (primary N) is 1. The van der Waals surface area contributed by atoms with E-state index in [4.69, 9.17) is 5.73 Å². The lowest BCUT2D eigenvalue weighted by Crippen LogP contribution is -2.06. The molecule has 0 atom stereocenters. The van der Waals surface area contributed by atoms with Crippen LogP contribution in [0.5, 0.6) is 0 Å². The van der Waals surface area contributed by atoms with Gasteiger partial charge in [-0.05, 0) is 27.9 Å². The summed E-state index contributed by atoms with van der Waals surface area (Å²) in [5.74, 6) is 1.30. The van der Waals surface area contributed by atoms with Gasteiger partial charge in [0.25, 0.3) is 5.95 Å². The summed E-state index contributed by atoms with van der Waals surface area (Å²) in [6.45, 7) is 4.12. The minimum atomic E-state index is 0.293. The number of aromatic nitrogens is 4. The van der Waals surface area contributed by atoms with E-state index in [0.717, 1.165) is 10.2 Å². The van der Waals surface area contributed by atoms with E-state index >= 15 is 0 Å². The van der Waals surface area contributed by atoms with Gasteiger partial charge >= 0.3 is 0 Å². The number of hydrogen-bond donors (Lipinski definition) is 1. The van der Waals surface area contributed by atoms with Crippen LogP contribution in [-0.4, -0.2) is 19.7 Å². The van der Waals surface area contributed by atoms with Crippen molar-refractivity contribution in [1.82, 2.24) is 19.7 Å². The lowest BCUT2D eigenvalue weighted by molar-refractivity contribution is 0.745. The Morgan fingerprint density at radius 2 is 1.94 bits per heavy atom. The van der Waals surface area contributed by atoms with E-state index in [9.17, 15) is 0 Å². The maximum Gasteiger partial charge on any atom is 0.252 e. The molecule has 0 spiro atoms. The predicted molar refractivity (Wildman–Crippen MR) is 65.4 cm³/mol. The van der Waals surface area contributed by atoms with Crippen molar-refractivity contribution in [1.29, 1.82) is 0 Å². The molecule has 0 aliphatic carbocycles. The normalized spacial score (nSPS) is 11.0. The van der Waals surface area contributed by atoms with Crippen LogP contribution in [0.15, 0.2) is 22.9 Å². The summed E-state index contributed by atoms with van der Waals surface area (Å²) in [5, 5.41) is 4.40. The zero-order valence-electron chi connectivity index (χ0n) is 9.05. The molecule has 0 aromatic carbocycles. The largest absolute Gasteiger partial charge is 0.383 e. The Kier molecular flexibility index (Phi) is 2.91. The fourth-order valence-electron chi connectivity index (χ4n) is 1.35. The number of rotatable bonds is 2. The predicted octanol–water partition coefficient (Wildman–Crippen LogP) is 2.13. The Hall–Kier alpha value is -1.43. The van der Waals surface area contributed by atoms with E-state index in [1.807, 2.05) is 0 Å². The fourth-order valence-corrected chi connectivity index (χ4v) is 2.06. The molecule has 0 radical (unpaired) electrons. The van der Waals surface area contributed by atoms with Crippen LogP contribution in [0.1, 0.15) is 25.5 Å². The SMILES string of the molecule is CC(C)c1nn(-c2ncccn2)c(N)c1Br. The van der Waals surface area contributed by atoms with Gasteiger partial charge in [-0.2, -0.15) is 9.78 Å². The summed E-state index contributed by atoms with van der Waals surface area (Å²) >= 11 is 3.44. The van der Waals surface area contributed by atoms with E-state index in [1.54, 1.807) is 23.1 Å². The van der Waals surface area contributed by atoms with Gasteiger partial charge in [0.1, 0.15) is 5.82 Å². The molecular formula is C10H12BrN5. The fraction of sp³-hybridized carbons (Fsp3) is 0.300. The van der Waals surface area contributed by atoms with Gasteiger partial charge in [-0.15, -0.1) is 0 Å². The molecule has 0 aliphatic heterocycles. The molecule has 2 aromatic heterocycles. The van der Waals surface area contributed by atoms with Gasteiger partial charge in [-0.25, -0.2) is 9.97 Å². The molecule has 0 fully saturated rings. The number of anilines is 1. The van der Waals surface area contributed by atoms with Crippen LogP contribution in [0, 0.1) is 0 Å². The Labute approximate surface area is 102 Å². The van der Waals surface area contributed by atoms with Gasteiger partial charge < -0.3 is 5.73 Å². The van der Waals surface area contributed by atoms with Crippen LogP contribution in [0.4, 0.5) is 5.82 Å². The van der Waals surface area contributed by atoms with Crippen molar-refractivity contribution in [2.75, 3.05) is 5.73 Å². The Balaban J connectivity index is 2.55. The lowest BCUT2D eigenvalue weighted by Gasteiger charge is -2.00. The zero-order chi connectivity index (χ0) is 11.7. The first kappa shape index (κ1) is 11.1. The molecule has 2 heterocycles. The van der Waals surface area contributed by atoms with E-state index in [0.29, 0.717) is 17.7 Å². The highest BCUT2D eigenvalue weighted by atomic mass is 79.9. The number of nitrogens with zero attached hydrogens (tertiary/aromatic N) is 4. The third kappa shape index (κ3) is 1.80. The Morgan fingerprint density at radius 3 is 2.44 bits per heavy atom. The molecule has 5 nitrogen and oxygen atoms in total. The highest BCUT2D eigenvalue weighted by molar-refractivity contribution is 9.10. The number of halogens is 1. The maximum atomic E-state index is 5.95. The first-order valence-corrected chi connectivity index (χ1v) is 5.72. The van der Waals surface area contributed by atoms with Crippen LogP contribution >= 0.6 is 15.9 Å². The molecule has 0 saturated heterocycles. The second kappa shape index (κ2) is 4.21. The van der Waals surface area contributed by atoms with Crippen LogP contribution in [0.3, 0.4) is 0 Å². The van der Waals surface area contributed by atoms with Crippen molar-refractivity contribution in [3.8, 4) is 5.95 Å². The maximum absolute atomic E-state index is 5.95. The van der Waals surface area contributed by atoms with Gasteiger partial charge in [0.2, 0.25) is 0 Å². The van der Waals surface area contributed by atoms with Crippen molar-refractivity contribution in [2.45, 2.75) is 19.8 Å². The van der Waals surface area contributed by atoms with Crippen LogP contribution in [0.25, 0.3) is 5.95 Å².